The fourth-order valence-corrected chi connectivity index (χ4v) is 3.47. The molecule has 1 N–H and O–H groups in total. The molecule has 1 saturated heterocycles. The van der Waals surface area contributed by atoms with E-state index >= 15 is 4.39 Å². The second kappa shape index (κ2) is 7.78. The van der Waals surface area contributed by atoms with E-state index in [1.54, 1.807) is 0 Å². The van der Waals surface area contributed by atoms with Crippen molar-refractivity contribution in [3.63, 3.8) is 0 Å². The highest BCUT2D eigenvalue weighted by atomic mass is 19.1. The summed E-state index contributed by atoms with van der Waals surface area (Å²) in [6.07, 6.45) is 1.37. The molecule has 146 valence electrons. The Morgan fingerprint density at radius 3 is 2.54 bits per heavy atom. The molecule has 3 rings (SSSR count). The summed E-state index contributed by atoms with van der Waals surface area (Å²) in [7, 11) is 0. The molecule has 1 fully saturated rings. The van der Waals surface area contributed by atoms with Gasteiger partial charge in [0.05, 0.1) is 23.5 Å². The van der Waals surface area contributed by atoms with Crippen LogP contribution in [0, 0.1) is 23.0 Å². The Bertz CT molecular complexity index is 1050. The number of piperazine rings is 1. The van der Waals surface area contributed by atoms with Gasteiger partial charge in [-0.1, -0.05) is 6.08 Å². The number of nitriles is 1. The highest BCUT2D eigenvalue weighted by Crippen LogP contribution is 2.31. The van der Waals surface area contributed by atoms with Gasteiger partial charge in [-0.15, -0.1) is 6.58 Å². The minimum Gasteiger partial charge on any atom is -0.477 e. The quantitative estimate of drug-likeness (QED) is 0.621. The molecule has 0 amide bonds. The maximum Gasteiger partial charge on any atom is 0.352 e. The van der Waals surface area contributed by atoms with E-state index in [0.717, 1.165) is 16.7 Å². The third-order valence-corrected chi connectivity index (χ3v) is 4.78. The molecule has 2 aromatic rings. The monoisotopic (exact) mass is 388 g/mol. The fourth-order valence-electron chi connectivity index (χ4n) is 3.47. The first kappa shape index (κ1) is 19.5. The number of aromatic nitrogens is 1. The van der Waals surface area contributed by atoms with Crippen LogP contribution in [0.2, 0.25) is 0 Å². The Labute approximate surface area is 159 Å². The summed E-state index contributed by atoms with van der Waals surface area (Å²) < 4.78 is 31.3. The molecule has 0 spiro atoms. The summed E-state index contributed by atoms with van der Waals surface area (Å²) in [5.74, 6) is -3.26. The number of carboxylic acid groups (broad SMARTS) is 1. The third-order valence-electron chi connectivity index (χ3n) is 4.78. The van der Waals surface area contributed by atoms with Crippen LogP contribution in [0.15, 0.2) is 29.6 Å². The molecule has 0 unspecified atom stereocenters. The summed E-state index contributed by atoms with van der Waals surface area (Å²) in [6.45, 7) is 5.22. The summed E-state index contributed by atoms with van der Waals surface area (Å²) in [5, 5.41) is 17.9. The highest BCUT2D eigenvalue weighted by Gasteiger charge is 2.27. The average Bonchev–Trinajstić information content (AvgIpc) is 2.65. The van der Waals surface area contributed by atoms with E-state index in [1.807, 2.05) is 11.0 Å². The fraction of sp³-hybridized carbons (Fsp3) is 0.316. The second-order valence-corrected chi connectivity index (χ2v) is 6.44. The standard InChI is InChI=1S/C19H18F2N4O3/c1-2-4-25-14(19(27)28)11-15(26)12-10-13(20)18(16(21)17(12)25)24-8-6-23(5-3-22)7-9-24/h2,10-11H,1,4-9H2,(H,27,28). The van der Waals surface area contributed by atoms with E-state index < -0.39 is 28.7 Å². The third kappa shape index (κ3) is 3.34. The highest BCUT2D eigenvalue weighted by molar-refractivity contribution is 5.92. The second-order valence-electron chi connectivity index (χ2n) is 6.44. The van der Waals surface area contributed by atoms with E-state index in [9.17, 15) is 19.1 Å². The Hall–Kier alpha value is -3.25. The number of pyridine rings is 1. The molecule has 1 aliphatic rings. The lowest BCUT2D eigenvalue weighted by Gasteiger charge is -2.35. The lowest BCUT2D eigenvalue weighted by Crippen LogP contribution is -2.47. The zero-order valence-corrected chi connectivity index (χ0v) is 15.0. The molecule has 1 aromatic heterocycles. The lowest BCUT2D eigenvalue weighted by atomic mass is 10.1. The van der Waals surface area contributed by atoms with Crippen molar-refractivity contribution in [3.05, 3.63) is 52.3 Å². The number of aromatic carboxylic acids is 1. The molecule has 0 saturated carbocycles. The molecular weight excluding hydrogens is 370 g/mol. The lowest BCUT2D eigenvalue weighted by molar-refractivity contribution is 0.0685. The van der Waals surface area contributed by atoms with Gasteiger partial charge in [-0.05, 0) is 6.07 Å². The number of nitrogens with zero attached hydrogens (tertiary/aromatic N) is 4. The van der Waals surface area contributed by atoms with Crippen molar-refractivity contribution in [3.8, 4) is 6.07 Å². The van der Waals surface area contributed by atoms with Crippen molar-refractivity contribution < 1.29 is 18.7 Å². The summed E-state index contributed by atoms with van der Waals surface area (Å²) in [6, 6.07) is 3.84. The predicted molar refractivity (Wildman–Crippen MR) is 99.5 cm³/mol. The van der Waals surface area contributed by atoms with E-state index in [2.05, 4.69) is 6.58 Å². The van der Waals surface area contributed by atoms with Crippen LogP contribution in [0.4, 0.5) is 14.5 Å². The number of rotatable bonds is 5. The van der Waals surface area contributed by atoms with E-state index in [-0.39, 0.29) is 29.7 Å². The number of carbonyl (C=O) groups is 1. The maximum absolute atomic E-state index is 15.4. The van der Waals surface area contributed by atoms with Crippen molar-refractivity contribution >= 4 is 22.6 Å². The Morgan fingerprint density at radius 2 is 1.96 bits per heavy atom. The van der Waals surface area contributed by atoms with Gasteiger partial charge < -0.3 is 14.6 Å². The molecule has 0 radical (unpaired) electrons. The van der Waals surface area contributed by atoms with E-state index in [4.69, 9.17) is 5.26 Å². The van der Waals surface area contributed by atoms with Crippen molar-refractivity contribution in [2.75, 3.05) is 37.6 Å². The zero-order valence-electron chi connectivity index (χ0n) is 15.0. The summed E-state index contributed by atoms with van der Waals surface area (Å²) in [5.41, 5.74) is -1.73. The van der Waals surface area contributed by atoms with E-state index in [0.29, 0.717) is 26.2 Å². The van der Waals surface area contributed by atoms with Gasteiger partial charge in [0.25, 0.3) is 0 Å². The van der Waals surface area contributed by atoms with Crippen molar-refractivity contribution in [1.29, 1.82) is 5.26 Å². The van der Waals surface area contributed by atoms with Gasteiger partial charge in [0.1, 0.15) is 17.2 Å². The number of allylic oxidation sites excluding steroid dienone is 1. The number of hydrogen-bond donors (Lipinski definition) is 1. The van der Waals surface area contributed by atoms with Crippen LogP contribution in [0.5, 0.6) is 0 Å². The van der Waals surface area contributed by atoms with E-state index in [1.165, 1.54) is 11.0 Å². The topological polar surface area (TPSA) is 89.6 Å². The van der Waals surface area contributed by atoms with Crippen molar-refractivity contribution in [1.82, 2.24) is 9.47 Å². The summed E-state index contributed by atoms with van der Waals surface area (Å²) in [4.78, 5) is 27.2. The molecule has 0 atom stereocenters. The maximum atomic E-state index is 15.4. The average molecular weight is 388 g/mol. The van der Waals surface area contributed by atoms with Gasteiger partial charge in [0.15, 0.2) is 11.2 Å². The minimum absolute atomic E-state index is 0.0592. The number of carboxylic acids is 1. The molecule has 2 heterocycles. The molecule has 1 aliphatic heterocycles. The Kier molecular flexibility index (Phi) is 5.42. The van der Waals surface area contributed by atoms with Gasteiger partial charge >= 0.3 is 5.97 Å². The molecular formula is C19H18F2N4O3. The number of hydrogen-bond acceptors (Lipinski definition) is 5. The Morgan fingerprint density at radius 1 is 1.29 bits per heavy atom. The zero-order chi connectivity index (χ0) is 20.4. The first-order chi connectivity index (χ1) is 13.4. The molecule has 1 aromatic carbocycles. The number of benzene rings is 1. The SMILES string of the molecule is C=CCn1c(C(=O)O)cc(=O)c2cc(F)c(N3CCN(CC#N)CC3)c(F)c21. The van der Waals surface area contributed by atoms with Crippen LogP contribution in [0.25, 0.3) is 10.9 Å². The van der Waals surface area contributed by atoms with Crippen LogP contribution in [0.3, 0.4) is 0 Å². The molecule has 0 aliphatic carbocycles. The Balaban J connectivity index is 2.19. The predicted octanol–water partition coefficient (Wildman–Crippen LogP) is 1.81. The first-order valence-electron chi connectivity index (χ1n) is 8.63. The molecule has 28 heavy (non-hydrogen) atoms. The minimum atomic E-state index is -1.39. The molecule has 0 bridgehead atoms. The first-order valence-corrected chi connectivity index (χ1v) is 8.63. The summed E-state index contributed by atoms with van der Waals surface area (Å²) >= 11 is 0. The van der Waals surface area contributed by atoms with Gasteiger partial charge in [-0.2, -0.15) is 5.26 Å². The number of fused-ring (bicyclic) bond motifs is 1. The largest absolute Gasteiger partial charge is 0.477 e. The van der Waals surface area contributed by atoms with Crippen LogP contribution in [-0.2, 0) is 6.54 Å². The van der Waals surface area contributed by atoms with Gasteiger partial charge in [-0.25, -0.2) is 13.6 Å². The van der Waals surface area contributed by atoms with Crippen molar-refractivity contribution in [2.45, 2.75) is 6.54 Å². The molecule has 9 heteroatoms. The van der Waals surface area contributed by atoms with Gasteiger partial charge in [0.2, 0.25) is 0 Å². The number of anilines is 1. The normalized spacial score (nSPS) is 14.8. The number of halogens is 2. The van der Waals surface area contributed by atoms with Crippen LogP contribution in [0.1, 0.15) is 10.5 Å². The van der Waals surface area contributed by atoms with Crippen LogP contribution < -0.4 is 10.3 Å². The molecule has 7 nitrogen and oxygen atoms in total. The van der Waals surface area contributed by atoms with Crippen LogP contribution in [-0.4, -0.2) is 53.3 Å². The smallest absolute Gasteiger partial charge is 0.352 e. The van der Waals surface area contributed by atoms with Gasteiger partial charge in [0, 0.05) is 38.8 Å². The van der Waals surface area contributed by atoms with Gasteiger partial charge in [-0.3, -0.25) is 9.69 Å². The van der Waals surface area contributed by atoms with Crippen molar-refractivity contribution in [2.24, 2.45) is 0 Å². The van der Waals surface area contributed by atoms with Crippen LogP contribution >= 0.6 is 0 Å².